The van der Waals surface area contributed by atoms with E-state index >= 15 is 0 Å². The number of rotatable bonds is 6. The number of amides is 1. The number of hydrogen-bond donors (Lipinski definition) is 1. The molecule has 1 N–H and O–H groups in total. The summed E-state index contributed by atoms with van der Waals surface area (Å²) >= 11 is 4.42. The summed E-state index contributed by atoms with van der Waals surface area (Å²) in [4.78, 5) is 11.8. The van der Waals surface area contributed by atoms with Crippen molar-refractivity contribution in [3.05, 3.63) is 54.7 Å². The highest BCUT2D eigenvalue weighted by molar-refractivity contribution is 14.1. The Kier molecular flexibility index (Phi) is 7.28. The zero-order chi connectivity index (χ0) is 17.5. The fourth-order valence-electron chi connectivity index (χ4n) is 1.95. The van der Waals surface area contributed by atoms with Gasteiger partial charge in [0.15, 0.2) is 6.61 Å². The molecule has 0 aliphatic rings. The Labute approximate surface area is 168 Å². The number of benzene rings is 2. The topological polar surface area (TPSA) is 59.9 Å². The Morgan fingerprint density at radius 3 is 2.79 bits per heavy atom. The van der Waals surface area contributed by atoms with Crippen molar-refractivity contribution >= 4 is 57.3 Å². The Hall–Kier alpha value is -1.36. The minimum Gasteiger partial charge on any atom is -0.495 e. The van der Waals surface area contributed by atoms with Crippen molar-refractivity contribution in [3.8, 4) is 11.5 Å². The molecule has 2 rings (SSSR count). The van der Waals surface area contributed by atoms with Gasteiger partial charge in [0.2, 0.25) is 0 Å². The largest absolute Gasteiger partial charge is 0.495 e. The highest BCUT2D eigenvalue weighted by atomic mass is 127. The van der Waals surface area contributed by atoms with Crippen LogP contribution < -0.4 is 14.9 Å². The van der Waals surface area contributed by atoms with E-state index in [9.17, 15) is 4.79 Å². The van der Waals surface area contributed by atoms with Crippen LogP contribution >= 0.6 is 45.2 Å². The SMILES string of the molecule is COc1c(I)cc(I)cc1C=NNC(=O)COc1cccc(C)c1. The third-order valence-electron chi connectivity index (χ3n) is 2.99. The molecule has 5 nitrogen and oxygen atoms in total. The maximum absolute atomic E-state index is 11.8. The molecule has 2 aromatic carbocycles. The average Bonchev–Trinajstić information content (AvgIpc) is 2.53. The van der Waals surface area contributed by atoms with Crippen LogP contribution in [0.1, 0.15) is 11.1 Å². The summed E-state index contributed by atoms with van der Waals surface area (Å²) < 4.78 is 12.8. The van der Waals surface area contributed by atoms with E-state index in [1.54, 1.807) is 13.3 Å². The number of carbonyl (C=O) groups is 1. The lowest BCUT2D eigenvalue weighted by molar-refractivity contribution is -0.123. The van der Waals surface area contributed by atoms with E-state index in [1.165, 1.54) is 0 Å². The molecule has 2 aromatic rings. The predicted octanol–water partition coefficient (Wildman–Crippen LogP) is 3.74. The summed E-state index contributed by atoms with van der Waals surface area (Å²) in [5.74, 6) is 1.06. The van der Waals surface area contributed by atoms with Gasteiger partial charge in [0.25, 0.3) is 5.91 Å². The maximum Gasteiger partial charge on any atom is 0.277 e. The smallest absolute Gasteiger partial charge is 0.277 e. The molecule has 0 bridgehead atoms. The summed E-state index contributed by atoms with van der Waals surface area (Å²) in [5.41, 5.74) is 4.33. The fraction of sp³-hybridized carbons (Fsp3) is 0.176. The highest BCUT2D eigenvalue weighted by Crippen LogP contribution is 2.26. The van der Waals surface area contributed by atoms with Gasteiger partial charge >= 0.3 is 0 Å². The van der Waals surface area contributed by atoms with Gasteiger partial charge in [-0.05, 0) is 81.9 Å². The number of methoxy groups -OCH3 is 1. The normalized spacial score (nSPS) is 10.7. The standard InChI is InChI=1S/C17H16I2N2O3/c1-11-4-3-5-14(6-11)24-10-16(22)21-20-9-12-7-13(18)8-15(19)17(12)23-2/h3-9H,10H2,1-2H3,(H,21,22). The van der Waals surface area contributed by atoms with E-state index in [-0.39, 0.29) is 12.5 Å². The van der Waals surface area contributed by atoms with Crippen molar-refractivity contribution in [1.82, 2.24) is 5.43 Å². The first-order valence-electron chi connectivity index (χ1n) is 7.04. The summed E-state index contributed by atoms with van der Waals surface area (Å²) in [5, 5.41) is 3.97. The molecule has 0 aromatic heterocycles. The molecule has 7 heteroatoms. The van der Waals surface area contributed by atoms with Gasteiger partial charge in [-0.15, -0.1) is 0 Å². The van der Waals surface area contributed by atoms with Gasteiger partial charge in [0.05, 0.1) is 16.9 Å². The first-order valence-corrected chi connectivity index (χ1v) is 9.19. The third kappa shape index (κ3) is 5.62. The lowest BCUT2D eigenvalue weighted by atomic mass is 10.2. The van der Waals surface area contributed by atoms with Gasteiger partial charge in [0, 0.05) is 9.13 Å². The van der Waals surface area contributed by atoms with Crippen LogP contribution in [0.15, 0.2) is 41.5 Å². The Morgan fingerprint density at radius 1 is 1.29 bits per heavy atom. The number of hydrogen-bond acceptors (Lipinski definition) is 4. The van der Waals surface area contributed by atoms with Gasteiger partial charge in [-0.25, -0.2) is 5.43 Å². The van der Waals surface area contributed by atoms with Crippen molar-refractivity contribution in [3.63, 3.8) is 0 Å². The van der Waals surface area contributed by atoms with Gasteiger partial charge in [0.1, 0.15) is 11.5 Å². The van der Waals surface area contributed by atoms with Crippen molar-refractivity contribution in [2.75, 3.05) is 13.7 Å². The molecule has 0 radical (unpaired) electrons. The second-order valence-electron chi connectivity index (χ2n) is 4.91. The first kappa shape index (κ1) is 19.0. The summed E-state index contributed by atoms with van der Waals surface area (Å²) in [6, 6.07) is 11.5. The molecule has 0 saturated heterocycles. The van der Waals surface area contributed by atoms with E-state index < -0.39 is 0 Å². The van der Waals surface area contributed by atoms with Crippen LogP contribution in [0, 0.1) is 14.1 Å². The van der Waals surface area contributed by atoms with Gasteiger partial charge in [-0.2, -0.15) is 5.10 Å². The zero-order valence-electron chi connectivity index (χ0n) is 13.2. The van der Waals surface area contributed by atoms with E-state index in [0.717, 1.165) is 24.0 Å². The minimum absolute atomic E-state index is 0.0954. The number of ether oxygens (including phenoxy) is 2. The van der Waals surface area contributed by atoms with Crippen molar-refractivity contribution in [1.29, 1.82) is 0 Å². The molecule has 0 saturated carbocycles. The number of carbonyl (C=O) groups excluding carboxylic acids is 1. The number of aryl methyl sites for hydroxylation is 1. The molecular formula is C17H16I2N2O3. The highest BCUT2D eigenvalue weighted by Gasteiger charge is 2.08. The molecule has 126 valence electrons. The Bertz CT molecular complexity index is 763. The van der Waals surface area contributed by atoms with E-state index in [1.807, 2.05) is 43.3 Å². The van der Waals surface area contributed by atoms with Crippen LogP contribution in [0.25, 0.3) is 0 Å². The lowest BCUT2D eigenvalue weighted by Crippen LogP contribution is -2.24. The molecule has 0 aliphatic heterocycles. The van der Waals surface area contributed by atoms with Crippen molar-refractivity contribution < 1.29 is 14.3 Å². The number of halogens is 2. The second kappa shape index (κ2) is 9.21. The second-order valence-corrected chi connectivity index (χ2v) is 7.32. The van der Waals surface area contributed by atoms with Crippen LogP contribution in [0.5, 0.6) is 11.5 Å². The van der Waals surface area contributed by atoms with E-state index in [2.05, 4.69) is 55.7 Å². The quantitative estimate of drug-likeness (QED) is 0.339. The monoisotopic (exact) mass is 550 g/mol. The van der Waals surface area contributed by atoms with Crippen LogP contribution in [-0.2, 0) is 4.79 Å². The number of hydrazone groups is 1. The lowest BCUT2D eigenvalue weighted by Gasteiger charge is -2.08. The molecule has 0 heterocycles. The van der Waals surface area contributed by atoms with Gasteiger partial charge in [-0.1, -0.05) is 12.1 Å². The molecule has 0 aliphatic carbocycles. The Morgan fingerprint density at radius 2 is 2.08 bits per heavy atom. The predicted molar refractivity (Wildman–Crippen MR) is 111 cm³/mol. The summed E-state index contributed by atoms with van der Waals surface area (Å²) in [6.07, 6.45) is 1.56. The van der Waals surface area contributed by atoms with Crippen molar-refractivity contribution in [2.45, 2.75) is 6.92 Å². The first-order chi connectivity index (χ1) is 11.5. The molecule has 1 amide bonds. The molecule has 0 atom stereocenters. The zero-order valence-corrected chi connectivity index (χ0v) is 17.5. The van der Waals surface area contributed by atoms with Gasteiger partial charge < -0.3 is 9.47 Å². The third-order valence-corrected chi connectivity index (χ3v) is 4.42. The molecule has 24 heavy (non-hydrogen) atoms. The van der Waals surface area contributed by atoms with E-state index in [4.69, 9.17) is 9.47 Å². The number of nitrogens with zero attached hydrogens (tertiary/aromatic N) is 1. The van der Waals surface area contributed by atoms with Crippen LogP contribution in [0.4, 0.5) is 0 Å². The van der Waals surface area contributed by atoms with Crippen LogP contribution in [0.2, 0.25) is 0 Å². The van der Waals surface area contributed by atoms with Crippen LogP contribution in [-0.4, -0.2) is 25.8 Å². The van der Waals surface area contributed by atoms with Gasteiger partial charge in [-0.3, -0.25) is 4.79 Å². The maximum atomic E-state index is 11.8. The molecule has 0 spiro atoms. The molecule has 0 fully saturated rings. The fourth-order valence-corrected chi connectivity index (χ4v) is 4.06. The molecular weight excluding hydrogens is 534 g/mol. The van der Waals surface area contributed by atoms with E-state index in [0.29, 0.717) is 5.75 Å². The van der Waals surface area contributed by atoms with Crippen molar-refractivity contribution in [2.24, 2.45) is 5.10 Å². The summed E-state index contributed by atoms with van der Waals surface area (Å²) in [6.45, 7) is 1.87. The number of nitrogens with one attached hydrogen (secondary N) is 1. The minimum atomic E-state index is -0.327. The summed E-state index contributed by atoms with van der Waals surface area (Å²) in [7, 11) is 1.61. The Balaban J connectivity index is 1.93. The van der Waals surface area contributed by atoms with Crippen LogP contribution in [0.3, 0.4) is 0 Å². The average molecular weight is 550 g/mol. The molecule has 0 unspecified atom stereocenters.